The molecule has 0 aliphatic carbocycles. The van der Waals surface area contributed by atoms with Crippen LogP contribution in [0.4, 0.5) is 19.0 Å². The maximum atomic E-state index is 12.3. The van der Waals surface area contributed by atoms with E-state index in [1.54, 1.807) is 0 Å². The number of rotatable bonds is 0. The summed E-state index contributed by atoms with van der Waals surface area (Å²) >= 11 is 5.28. The van der Waals surface area contributed by atoms with Gasteiger partial charge in [-0.2, -0.15) is 18.4 Å². The molecule has 0 spiro atoms. The summed E-state index contributed by atoms with van der Waals surface area (Å²) in [5, 5.41) is 8.05. The first-order valence-electron chi connectivity index (χ1n) is 3.29. The molecule has 0 fully saturated rings. The van der Waals surface area contributed by atoms with Crippen LogP contribution >= 0.6 is 11.6 Å². The molecule has 0 saturated heterocycles. The monoisotopic (exact) mass is 221 g/mol. The maximum absolute atomic E-state index is 12.3. The van der Waals surface area contributed by atoms with Gasteiger partial charge < -0.3 is 5.73 Å². The molecule has 0 radical (unpaired) electrons. The van der Waals surface area contributed by atoms with Crippen molar-refractivity contribution in [3.05, 3.63) is 22.3 Å². The van der Waals surface area contributed by atoms with Gasteiger partial charge in [-0.15, -0.1) is 0 Å². The Hall–Kier alpha value is -1.48. The second-order valence-electron chi connectivity index (χ2n) is 2.36. The van der Waals surface area contributed by atoms with E-state index >= 15 is 0 Å². The normalized spacial score (nSPS) is 11.1. The van der Waals surface area contributed by atoms with Crippen molar-refractivity contribution >= 4 is 17.4 Å². The molecule has 0 amide bonds. The molecule has 0 aromatic carbocycles. The second kappa shape index (κ2) is 3.35. The van der Waals surface area contributed by atoms with Crippen molar-refractivity contribution in [1.82, 2.24) is 4.98 Å². The smallest absolute Gasteiger partial charge is 0.383 e. The molecule has 74 valence electrons. The van der Waals surface area contributed by atoms with Crippen molar-refractivity contribution in [3.8, 4) is 6.07 Å². The van der Waals surface area contributed by atoms with Crippen LogP contribution in [0.1, 0.15) is 11.1 Å². The molecule has 0 bridgehead atoms. The molecule has 7 heteroatoms. The van der Waals surface area contributed by atoms with Gasteiger partial charge in [0.2, 0.25) is 0 Å². The van der Waals surface area contributed by atoms with Crippen LogP contribution in [0.15, 0.2) is 6.07 Å². The molecule has 0 unspecified atom stereocenters. The van der Waals surface area contributed by atoms with Crippen LogP contribution in [0.3, 0.4) is 0 Å². The summed E-state index contributed by atoms with van der Waals surface area (Å²) in [6.07, 6.45) is -4.66. The van der Waals surface area contributed by atoms with Gasteiger partial charge in [-0.1, -0.05) is 11.6 Å². The fourth-order valence-corrected chi connectivity index (χ4v) is 1.07. The van der Waals surface area contributed by atoms with Gasteiger partial charge in [-0.25, -0.2) is 4.98 Å². The SMILES string of the molecule is N#Cc1c(C(F)(F)F)cc(Cl)nc1N. The minimum absolute atomic E-state index is 0.395. The lowest BCUT2D eigenvalue weighted by Gasteiger charge is -2.09. The second-order valence-corrected chi connectivity index (χ2v) is 2.75. The van der Waals surface area contributed by atoms with Crippen LogP contribution < -0.4 is 5.73 Å². The molecule has 0 saturated carbocycles. The molecule has 0 aliphatic heterocycles. The van der Waals surface area contributed by atoms with E-state index in [2.05, 4.69) is 4.98 Å². The van der Waals surface area contributed by atoms with E-state index in [9.17, 15) is 13.2 Å². The Morgan fingerprint density at radius 1 is 1.50 bits per heavy atom. The number of nitrogen functional groups attached to an aromatic ring is 1. The molecular weight excluding hydrogens is 219 g/mol. The van der Waals surface area contributed by atoms with Crippen LogP contribution in [-0.4, -0.2) is 4.98 Å². The number of aromatic nitrogens is 1. The topological polar surface area (TPSA) is 62.7 Å². The Kier molecular flexibility index (Phi) is 2.53. The van der Waals surface area contributed by atoms with Crippen molar-refractivity contribution < 1.29 is 13.2 Å². The Bertz CT molecular complexity index is 408. The van der Waals surface area contributed by atoms with Crippen LogP contribution in [0.2, 0.25) is 5.15 Å². The minimum atomic E-state index is -4.66. The first kappa shape index (κ1) is 10.6. The zero-order chi connectivity index (χ0) is 10.9. The van der Waals surface area contributed by atoms with Gasteiger partial charge in [-0.3, -0.25) is 0 Å². The Morgan fingerprint density at radius 3 is 2.50 bits per heavy atom. The van der Waals surface area contributed by atoms with E-state index in [-0.39, 0.29) is 0 Å². The van der Waals surface area contributed by atoms with Gasteiger partial charge >= 0.3 is 6.18 Å². The number of hydrogen-bond acceptors (Lipinski definition) is 3. The van der Waals surface area contributed by atoms with E-state index in [1.165, 1.54) is 6.07 Å². The standard InChI is InChI=1S/C7H3ClF3N3/c8-5-1-4(7(9,10)11)3(2-12)6(13)14-5/h1H,(H2,13,14). The van der Waals surface area contributed by atoms with Crippen LogP contribution in [0.5, 0.6) is 0 Å². The average molecular weight is 222 g/mol. The highest BCUT2D eigenvalue weighted by Crippen LogP contribution is 2.34. The summed E-state index contributed by atoms with van der Waals surface area (Å²) in [4.78, 5) is 3.34. The quantitative estimate of drug-likeness (QED) is 0.683. The van der Waals surface area contributed by atoms with Crippen molar-refractivity contribution in [2.24, 2.45) is 0 Å². The average Bonchev–Trinajstić information content (AvgIpc) is 2.01. The zero-order valence-electron chi connectivity index (χ0n) is 6.56. The molecule has 1 rings (SSSR count). The van der Waals surface area contributed by atoms with Gasteiger partial charge in [0.15, 0.2) is 0 Å². The van der Waals surface area contributed by atoms with Crippen molar-refractivity contribution in [2.75, 3.05) is 5.73 Å². The maximum Gasteiger partial charge on any atom is 0.417 e. The Morgan fingerprint density at radius 2 is 2.07 bits per heavy atom. The molecule has 1 aromatic heterocycles. The molecule has 3 nitrogen and oxygen atoms in total. The van der Waals surface area contributed by atoms with E-state index < -0.39 is 28.3 Å². The number of pyridine rings is 1. The van der Waals surface area contributed by atoms with Crippen molar-refractivity contribution in [3.63, 3.8) is 0 Å². The van der Waals surface area contributed by atoms with Gasteiger partial charge in [-0.05, 0) is 6.07 Å². The molecule has 1 aromatic rings. The number of nitriles is 1. The lowest BCUT2D eigenvalue weighted by atomic mass is 10.1. The summed E-state index contributed by atoms with van der Waals surface area (Å²) in [6.45, 7) is 0. The number of halogens is 4. The molecule has 14 heavy (non-hydrogen) atoms. The summed E-state index contributed by atoms with van der Waals surface area (Å²) in [5.41, 5.74) is 3.24. The van der Waals surface area contributed by atoms with Crippen LogP contribution in [0.25, 0.3) is 0 Å². The van der Waals surface area contributed by atoms with E-state index in [4.69, 9.17) is 22.6 Å². The lowest BCUT2D eigenvalue weighted by molar-refractivity contribution is -0.137. The third kappa shape index (κ3) is 1.88. The van der Waals surface area contributed by atoms with Gasteiger partial charge in [0.1, 0.15) is 22.6 Å². The zero-order valence-corrected chi connectivity index (χ0v) is 7.32. The predicted molar refractivity (Wildman–Crippen MR) is 43.4 cm³/mol. The number of nitrogens with two attached hydrogens (primary N) is 1. The Labute approximate surface area is 81.9 Å². The fourth-order valence-electron chi connectivity index (χ4n) is 0.874. The summed E-state index contributed by atoms with van der Waals surface area (Å²) in [7, 11) is 0. The molecule has 1 heterocycles. The third-order valence-electron chi connectivity index (χ3n) is 1.43. The predicted octanol–water partition coefficient (Wildman–Crippen LogP) is 2.21. The van der Waals surface area contributed by atoms with E-state index in [0.717, 1.165) is 0 Å². The molecule has 2 N–H and O–H groups in total. The first-order chi connectivity index (χ1) is 6.36. The van der Waals surface area contributed by atoms with E-state index in [0.29, 0.717) is 6.07 Å². The molecule has 0 aliphatic rings. The third-order valence-corrected chi connectivity index (χ3v) is 1.63. The fraction of sp³-hybridized carbons (Fsp3) is 0.143. The molecule has 0 atom stereocenters. The van der Waals surface area contributed by atoms with Gasteiger partial charge in [0.05, 0.1) is 5.56 Å². The number of hydrogen-bond donors (Lipinski definition) is 1. The van der Waals surface area contributed by atoms with E-state index in [1.807, 2.05) is 0 Å². The minimum Gasteiger partial charge on any atom is -0.383 e. The molecular formula is C7H3ClF3N3. The summed E-state index contributed by atoms with van der Waals surface area (Å²) < 4.78 is 36.9. The first-order valence-corrected chi connectivity index (χ1v) is 3.67. The highest BCUT2D eigenvalue weighted by Gasteiger charge is 2.35. The van der Waals surface area contributed by atoms with Crippen LogP contribution in [0, 0.1) is 11.3 Å². The van der Waals surface area contributed by atoms with Gasteiger partial charge in [0.25, 0.3) is 0 Å². The van der Waals surface area contributed by atoms with Crippen molar-refractivity contribution in [2.45, 2.75) is 6.18 Å². The largest absolute Gasteiger partial charge is 0.417 e. The van der Waals surface area contributed by atoms with Crippen LogP contribution in [-0.2, 0) is 6.18 Å². The number of alkyl halides is 3. The Balaban J connectivity index is 3.50. The number of anilines is 1. The van der Waals surface area contributed by atoms with Crippen molar-refractivity contribution in [1.29, 1.82) is 5.26 Å². The summed E-state index contributed by atoms with van der Waals surface area (Å²) in [5.74, 6) is -0.521. The highest BCUT2D eigenvalue weighted by atomic mass is 35.5. The van der Waals surface area contributed by atoms with Gasteiger partial charge in [0, 0.05) is 0 Å². The highest BCUT2D eigenvalue weighted by molar-refractivity contribution is 6.29. The number of nitrogens with zero attached hydrogens (tertiary/aromatic N) is 2. The summed E-state index contributed by atoms with van der Waals surface area (Å²) in [6, 6.07) is 1.90. The lowest BCUT2D eigenvalue weighted by Crippen LogP contribution is -2.11.